The van der Waals surface area contributed by atoms with E-state index in [-0.39, 0.29) is 28.8 Å². The summed E-state index contributed by atoms with van der Waals surface area (Å²) < 4.78 is 71.3. The molecule has 1 aromatic carbocycles. The number of alkyl halides is 2. The van der Waals surface area contributed by atoms with Gasteiger partial charge in [0.15, 0.2) is 11.6 Å². The van der Waals surface area contributed by atoms with Gasteiger partial charge in [-0.05, 0) is 36.3 Å². The van der Waals surface area contributed by atoms with Crippen molar-refractivity contribution >= 4 is 28.0 Å². The molecule has 0 bridgehead atoms. The molecule has 1 saturated carbocycles. The second-order valence-electron chi connectivity index (χ2n) is 9.51. The van der Waals surface area contributed by atoms with Gasteiger partial charge in [0.25, 0.3) is 17.4 Å². The van der Waals surface area contributed by atoms with E-state index >= 15 is 4.39 Å². The van der Waals surface area contributed by atoms with Crippen molar-refractivity contribution in [1.82, 2.24) is 24.6 Å². The molecular formula is C26H20F5N5O2. The minimum atomic E-state index is -2.94. The van der Waals surface area contributed by atoms with Crippen LogP contribution in [-0.4, -0.2) is 50.2 Å². The highest BCUT2D eigenvalue weighted by Crippen LogP contribution is 2.41. The fourth-order valence-electron chi connectivity index (χ4n) is 4.79. The van der Waals surface area contributed by atoms with Crippen LogP contribution in [0.15, 0.2) is 47.4 Å². The van der Waals surface area contributed by atoms with E-state index in [1.165, 1.54) is 22.7 Å². The van der Waals surface area contributed by atoms with Gasteiger partial charge in [0.05, 0.1) is 11.6 Å². The summed E-state index contributed by atoms with van der Waals surface area (Å²) in [7, 11) is 0. The first kappa shape index (κ1) is 24.3. The Bertz CT molecular complexity index is 1710. The van der Waals surface area contributed by atoms with Gasteiger partial charge in [-0.1, -0.05) is 12.1 Å². The number of hydrogen-bond acceptors (Lipinski definition) is 4. The Kier molecular flexibility index (Phi) is 5.60. The molecular weight excluding hydrogens is 509 g/mol. The van der Waals surface area contributed by atoms with Crippen LogP contribution >= 0.6 is 0 Å². The summed E-state index contributed by atoms with van der Waals surface area (Å²) in [6.07, 6.45) is 3.13. The number of amides is 1. The molecule has 0 spiro atoms. The zero-order chi connectivity index (χ0) is 26.8. The van der Waals surface area contributed by atoms with E-state index in [0.717, 1.165) is 6.07 Å². The SMILES string of the molecule is O=C(NC1CC1(F)F)c1ccc(C2=CCN(Cc3ccc4c([nH]c(=O)c5c(F)ccn54)c3F)CC2)c(F)n1. The van der Waals surface area contributed by atoms with E-state index < -0.39 is 47.4 Å². The second kappa shape index (κ2) is 8.76. The molecule has 1 fully saturated rings. The quantitative estimate of drug-likeness (QED) is 0.302. The molecule has 12 heteroatoms. The van der Waals surface area contributed by atoms with Crippen LogP contribution in [0.2, 0.25) is 0 Å². The Morgan fingerprint density at radius 1 is 1.16 bits per heavy atom. The zero-order valence-corrected chi connectivity index (χ0v) is 19.7. The Morgan fingerprint density at radius 3 is 2.63 bits per heavy atom. The van der Waals surface area contributed by atoms with Crippen LogP contribution in [0, 0.1) is 17.6 Å². The van der Waals surface area contributed by atoms with Crippen molar-refractivity contribution < 1.29 is 26.7 Å². The molecule has 0 saturated heterocycles. The largest absolute Gasteiger partial charge is 0.342 e. The molecule has 1 atom stereocenters. The maximum atomic E-state index is 15.3. The number of carbonyl (C=O) groups excluding carboxylic acids is 1. The lowest BCUT2D eigenvalue weighted by Crippen LogP contribution is -2.30. The van der Waals surface area contributed by atoms with E-state index in [1.54, 1.807) is 18.2 Å². The third kappa shape index (κ3) is 4.14. The molecule has 3 aromatic heterocycles. The fourth-order valence-corrected chi connectivity index (χ4v) is 4.79. The third-order valence-electron chi connectivity index (χ3n) is 7.00. The lowest BCUT2D eigenvalue weighted by molar-refractivity contribution is 0.0844. The zero-order valence-electron chi connectivity index (χ0n) is 19.7. The lowest BCUT2D eigenvalue weighted by Gasteiger charge is -2.27. The Balaban J connectivity index is 1.17. The van der Waals surface area contributed by atoms with E-state index in [1.807, 2.05) is 4.90 Å². The molecule has 196 valence electrons. The maximum absolute atomic E-state index is 15.3. The molecule has 6 rings (SSSR count). The van der Waals surface area contributed by atoms with Gasteiger partial charge in [0.2, 0.25) is 5.95 Å². The minimum absolute atomic E-state index is 0.0217. The van der Waals surface area contributed by atoms with Gasteiger partial charge in [-0.15, -0.1) is 0 Å². The van der Waals surface area contributed by atoms with Gasteiger partial charge in [0.1, 0.15) is 16.7 Å². The molecule has 4 aromatic rings. The van der Waals surface area contributed by atoms with Gasteiger partial charge < -0.3 is 14.7 Å². The molecule has 4 heterocycles. The number of H-pyrrole nitrogens is 1. The van der Waals surface area contributed by atoms with E-state index in [0.29, 0.717) is 36.2 Å². The molecule has 1 amide bonds. The third-order valence-corrected chi connectivity index (χ3v) is 7.00. The van der Waals surface area contributed by atoms with E-state index in [9.17, 15) is 27.2 Å². The standard InChI is InChI=1S/C26H20F5N5O2/c27-16-7-10-36-18-4-1-14(20(28)21(18)34-25(38)22(16)36)12-35-8-5-13(6-9-35)15-2-3-17(32-23(15)29)24(37)33-19-11-26(19,30)31/h1-5,7,10,19H,6,8-9,11-12H2,(H,33,37)(H,34,38). The molecule has 1 aliphatic carbocycles. The van der Waals surface area contributed by atoms with Crippen molar-refractivity contribution in [2.75, 3.05) is 13.1 Å². The number of benzene rings is 1. The van der Waals surface area contributed by atoms with Crippen molar-refractivity contribution in [3.05, 3.63) is 87.4 Å². The molecule has 1 aliphatic heterocycles. The summed E-state index contributed by atoms with van der Waals surface area (Å²) in [6.45, 7) is 1.07. The first-order chi connectivity index (χ1) is 18.1. The topological polar surface area (TPSA) is 82.5 Å². The highest BCUT2D eigenvalue weighted by atomic mass is 19.3. The summed E-state index contributed by atoms with van der Waals surface area (Å²) >= 11 is 0. The monoisotopic (exact) mass is 529 g/mol. The number of pyridine rings is 1. The summed E-state index contributed by atoms with van der Waals surface area (Å²) in [5, 5.41) is 2.14. The first-order valence-electron chi connectivity index (χ1n) is 11.9. The number of halogens is 5. The van der Waals surface area contributed by atoms with Crippen LogP contribution in [0.4, 0.5) is 22.0 Å². The van der Waals surface area contributed by atoms with Gasteiger partial charge in [0, 0.05) is 43.4 Å². The Morgan fingerprint density at radius 2 is 1.95 bits per heavy atom. The predicted molar refractivity (Wildman–Crippen MR) is 128 cm³/mol. The summed E-state index contributed by atoms with van der Waals surface area (Å²) in [5.74, 6) is -5.98. The van der Waals surface area contributed by atoms with Gasteiger partial charge in [-0.25, -0.2) is 22.5 Å². The van der Waals surface area contributed by atoms with E-state index in [2.05, 4.69) is 15.3 Å². The maximum Gasteiger partial charge on any atom is 0.275 e. The smallest absolute Gasteiger partial charge is 0.275 e. The average molecular weight is 529 g/mol. The van der Waals surface area contributed by atoms with Gasteiger partial charge >= 0.3 is 0 Å². The Hall–Kier alpha value is -4.06. The van der Waals surface area contributed by atoms with Crippen LogP contribution in [0.25, 0.3) is 22.1 Å². The predicted octanol–water partition coefficient (Wildman–Crippen LogP) is 4.02. The number of fused-ring (bicyclic) bond motifs is 3. The Labute approximate surface area is 211 Å². The molecule has 2 aliphatic rings. The number of hydrogen-bond donors (Lipinski definition) is 2. The summed E-state index contributed by atoms with van der Waals surface area (Å²) in [6, 6.07) is 5.77. The normalized spacial score (nSPS) is 19.1. The van der Waals surface area contributed by atoms with Crippen LogP contribution in [0.1, 0.15) is 34.5 Å². The number of nitrogens with one attached hydrogen (secondary N) is 2. The van der Waals surface area contributed by atoms with Gasteiger partial charge in [-0.2, -0.15) is 4.39 Å². The van der Waals surface area contributed by atoms with Crippen molar-refractivity contribution in [1.29, 1.82) is 0 Å². The fraction of sp³-hybridized carbons (Fsp3) is 0.269. The number of aromatic amines is 1. The number of aromatic nitrogens is 3. The summed E-state index contributed by atoms with van der Waals surface area (Å²) in [4.78, 5) is 32.4. The van der Waals surface area contributed by atoms with E-state index in [4.69, 9.17) is 0 Å². The van der Waals surface area contributed by atoms with Crippen molar-refractivity contribution in [2.45, 2.75) is 31.4 Å². The molecule has 0 radical (unpaired) electrons. The van der Waals surface area contributed by atoms with Crippen LogP contribution < -0.4 is 10.9 Å². The van der Waals surface area contributed by atoms with Crippen LogP contribution in [-0.2, 0) is 6.54 Å². The van der Waals surface area contributed by atoms with Crippen molar-refractivity contribution in [2.24, 2.45) is 0 Å². The highest BCUT2D eigenvalue weighted by Gasteiger charge is 2.58. The second-order valence-corrected chi connectivity index (χ2v) is 9.51. The highest BCUT2D eigenvalue weighted by molar-refractivity contribution is 5.93. The number of carbonyl (C=O) groups is 1. The van der Waals surface area contributed by atoms with Crippen LogP contribution in [0.5, 0.6) is 0 Å². The van der Waals surface area contributed by atoms with Crippen molar-refractivity contribution in [3.63, 3.8) is 0 Å². The number of rotatable bonds is 5. The summed E-state index contributed by atoms with van der Waals surface area (Å²) in [5.41, 5.74) is 0.313. The molecule has 2 N–H and O–H groups in total. The minimum Gasteiger partial charge on any atom is -0.342 e. The molecule has 38 heavy (non-hydrogen) atoms. The first-order valence-corrected chi connectivity index (χ1v) is 11.9. The lowest BCUT2D eigenvalue weighted by atomic mass is 10.00. The van der Waals surface area contributed by atoms with Gasteiger partial charge in [-0.3, -0.25) is 14.5 Å². The molecule has 1 unspecified atom stereocenters. The average Bonchev–Trinajstić information content (AvgIpc) is 3.28. The number of nitrogens with zero attached hydrogens (tertiary/aromatic N) is 3. The molecule has 7 nitrogen and oxygen atoms in total. The van der Waals surface area contributed by atoms with Crippen LogP contribution in [0.3, 0.4) is 0 Å². The van der Waals surface area contributed by atoms with Crippen molar-refractivity contribution in [3.8, 4) is 0 Å².